The van der Waals surface area contributed by atoms with Gasteiger partial charge in [-0.05, 0) is 25.5 Å². The number of para-hydroxylation sites is 1. The summed E-state index contributed by atoms with van der Waals surface area (Å²) in [5.41, 5.74) is 0.467. The van der Waals surface area contributed by atoms with Gasteiger partial charge < -0.3 is 10.4 Å². The van der Waals surface area contributed by atoms with Crippen molar-refractivity contribution in [3.63, 3.8) is 0 Å². The zero-order valence-electron chi connectivity index (χ0n) is 12.2. The van der Waals surface area contributed by atoms with Crippen molar-refractivity contribution in [1.29, 1.82) is 0 Å². The summed E-state index contributed by atoms with van der Waals surface area (Å²) in [5, 5.41) is 18.0. The number of benzene rings is 1. The van der Waals surface area contributed by atoms with Crippen LogP contribution in [0.3, 0.4) is 0 Å². The second-order valence-corrected chi connectivity index (χ2v) is 5.58. The van der Waals surface area contributed by atoms with Gasteiger partial charge in [-0.1, -0.05) is 25.1 Å². The maximum atomic E-state index is 12.2. The lowest BCUT2D eigenvalue weighted by Gasteiger charge is -2.19. The van der Waals surface area contributed by atoms with Gasteiger partial charge in [0.25, 0.3) is 5.91 Å². The molecule has 2 N–H and O–H groups in total. The number of aliphatic hydroxyl groups is 1. The number of aromatic nitrogens is 2. The fraction of sp³-hybridized carbons (Fsp3) is 0.375. The molecule has 110 valence electrons. The van der Waals surface area contributed by atoms with Crippen LogP contribution in [0.15, 0.2) is 36.5 Å². The van der Waals surface area contributed by atoms with Crippen LogP contribution in [0.5, 0.6) is 0 Å². The van der Waals surface area contributed by atoms with Crippen LogP contribution in [0.4, 0.5) is 5.69 Å². The predicted octanol–water partition coefficient (Wildman–Crippen LogP) is 2.24. The molecule has 5 heteroatoms. The molecule has 0 saturated carbocycles. The Balaban J connectivity index is 1.90. The maximum absolute atomic E-state index is 12.2. The summed E-state index contributed by atoms with van der Waals surface area (Å²) in [5.74, 6) is -0.387. The van der Waals surface area contributed by atoms with Crippen LogP contribution < -0.4 is 5.32 Å². The first kappa shape index (κ1) is 13.8. The molecule has 2 atom stereocenters. The molecule has 0 aliphatic carbocycles. The molecule has 1 aliphatic rings. The Morgan fingerprint density at radius 2 is 2.14 bits per heavy atom. The molecular formula is C16H19N3O2. The molecule has 1 aromatic heterocycles. The lowest BCUT2D eigenvalue weighted by molar-refractivity contribution is -0.133. The molecule has 0 fully saturated rings. The Morgan fingerprint density at radius 3 is 2.90 bits per heavy atom. The molecule has 1 aromatic carbocycles. The van der Waals surface area contributed by atoms with Crippen molar-refractivity contribution < 1.29 is 9.90 Å². The third-order valence-electron chi connectivity index (χ3n) is 4.14. The number of nitrogens with zero attached hydrogens (tertiary/aromatic N) is 2. The minimum atomic E-state index is -1.54. The van der Waals surface area contributed by atoms with Gasteiger partial charge >= 0.3 is 0 Å². The van der Waals surface area contributed by atoms with Crippen molar-refractivity contribution in [2.45, 2.75) is 38.3 Å². The first-order chi connectivity index (χ1) is 10.0. The summed E-state index contributed by atoms with van der Waals surface area (Å²) in [6.07, 6.45) is 3.06. The van der Waals surface area contributed by atoms with Crippen LogP contribution in [-0.2, 0) is 16.8 Å². The summed E-state index contributed by atoms with van der Waals surface area (Å²) in [6.45, 7) is 4.18. The van der Waals surface area contributed by atoms with Crippen LogP contribution in [0.25, 0.3) is 0 Å². The van der Waals surface area contributed by atoms with Gasteiger partial charge in [0, 0.05) is 29.9 Å². The molecular weight excluding hydrogens is 266 g/mol. The Hall–Kier alpha value is -2.14. The zero-order valence-corrected chi connectivity index (χ0v) is 12.2. The third-order valence-corrected chi connectivity index (χ3v) is 4.14. The molecule has 1 aliphatic heterocycles. The smallest absolute Gasteiger partial charge is 0.261 e. The number of anilines is 1. The van der Waals surface area contributed by atoms with E-state index in [2.05, 4.69) is 24.3 Å². The van der Waals surface area contributed by atoms with E-state index in [9.17, 15) is 9.90 Å². The van der Waals surface area contributed by atoms with Crippen LogP contribution in [0.1, 0.15) is 37.6 Å². The molecule has 1 amide bonds. The summed E-state index contributed by atoms with van der Waals surface area (Å²) in [4.78, 5) is 12.2. The van der Waals surface area contributed by atoms with Gasteiger partial charge in [-0.2, -0.15) is 5.10 Å². The van der Waals surface area contributed by atoms with Crippen LogP contribution >= 0.6 is 0 Å². The lowest BCUT2D eigenvalue weighted by Crippen LogP contribution is -2.36. The van der Waals surface area contributed by atoms with E-state index in [4.69, 9.17) is 0 Å². The molecule has 2 aromatic rings. The number of fused-ring (bicyclic) bond motifs is 1. The van der Waals surface area contributed by atoms with Crippen molar-refractivity contribution in [3.05, 3.63) is 47.8 Å². The van der Waals surface area contributed by atoms with Crippen LogP contribution in [0, 0.1) is 0 Å². The minimum Gasteiger partial charge on any atom is -0.375 e. The number of nitrogens with one attached hydrogen (secondary N) is 1. The number of hydrogen-bond acceptors (Lipinski definition) is 3. The molecule has 21 heavy (non-hydrogen) atoms. The predicted molar refractivity (Wildman–Crippen MR) is 79.9 cm³/mol. The van der Waals surface area contributed by atoms with Crippen molar-refractivity contribution in [2.24, 2.45) is 0 Å². The highest BCUT2D eigenvalue weighted by molar-refractivity contribution is 6.05. The Labute approximate surface area is 123 Å². The Bertz CT molecular complexity index is 680. The van der Waals surface area contributed by atoms with Gasteiger partial charge in [-0.15, -0.1) is 0 Å². The van der Waals surface area contributed by atoms with Gasteiger partial charge in [0.2, 0.25) is 0 Å². The summed E-state index contributed by atoms with van der Waals surface area (Å²) < 4.78 is 1.87. The van der Waals surface area contributed by atoms with E-state index in [-0.39, 0.29) is 12.3 Å². The first-order valence-corrected chi connectivity index (χ1v) is 7.22. The fourth-order valence-electron chi connectivity index (χ4n) is 2.64. The zero-order chi connectivity index (χ0) is 15.0. The molecule has 2 heterocycles. The molecule has 0 bridgehead atoms. The SMILES string of the molecule is CCC(C)n1ccc(CC2(O)C(=O)Nc3ccccc32)n1. The summed E-state index contributed by atoms with van der Waals surface area (Å²) in [7, 11) is 0. The number of amides is 1. The van der Waals surface area contributed by atoms with Gasteiger partial charge in [0.1, 0.15) is 0 Å². The molecule has 3 rings (SSSR count). The largest absolute Gasteiger partial charge is 0.375 e. The standard InChI is InChI=1S/C16H19N3O2/c1-3-11(2)19-9-8-12(18-19)10-16(21)13-6-4-5-7-14(13)17-15(16)20/h4-9,11,21H,3,10H2,1-2H3,(H,17,20). The van der Waals surface area contributed by atoms with Crippen molar-refractivity contribution >= 4 is 11.6 Å². The number of carbonyl (C=O) groups excluding carboxylic acids is 1. The summed E-state index contributed by atoms with van der Waals surface area (Å²) >= 11 is 0. The van der Waals surface area contributed by atoms with Gasteiger partial charge in [-0.3, -0.25) is 9.48 Å². The molecule has 5 nitrogen and oxygen atoms in total. The normalized spacial score (nSPS) is 22.0. The molecule has 0 saturated heterocycles. The van der Waals surface area contributed by atoms with Crippen molar-refractivity contribution in [3.8, 4) is 0 Å². The van der Waals surface area contributed by atoms with Gasteiger partial charge in [-0.25, -0.2) is 0 Å². The lowest BCUT2D eigenvalue weighted by atomic mass is 9.90. The third kappa shape index (κ3) is 2.23. The quantitative estimate of drug-likeness (QED) is 0.905. The second-order valence-electron chi connectivity index (χ2n) is 5.58. The Kier molecular flexibility index (Phi) is 3.29. The average Bonchev–Trinajstić information content (AvgIpc) is 3.03. The van der Waals surface area contributed by atoms with E-state index in [1.807, 2.05) is 29.1 Å². The number of rotatable bonds is 4. The monoisotopic (exact) mass is 285 g/mol. The van der Waals surface area contributed by atoms with E-state index in [1.165, 1.54) is 0 Å². The molecule has 0 radical (unpaired) electrons. The van der Waals surface area contributed by atoms with Gasteiger partial charge in [0.05, 0.1) is 5.69 Å². The topological polar surface area (TPSA) is 67.2 Å². The van der Waals surface area contributed by atoms with Gasteiger partial charge in [0.15, 0.2) is 5.60 Å². The van der Waals surface area contributed by atoms with Crippen molar-refractivity contribution in [2.75, 3.05) is 5.32 Å². The van der Waals surface area contributed by atoms with Crippen LogP contribution in [-0.4, -0.2) is 20.8 Å². The number of carbonyl (C=O) groups is 1. The minimum absolute atomic E-state index is 0.180. The van der Waals surface area contributed by atoms with Crippen molar-refractivity contribution in [1.82, 2.24) is 9.78 Å². The van der Waals surface area contributed by atoms with E-state index < -0.39 is 5.60 Å². The maximum Gasteiger partial charge on any atom is 0.261 e. The first-order valence-electron chi connectivity index (χ1n) is 7.22. The highest BCUT2D eigenvalue weighted by Gasteiger charge is 2.45. The second kappa shape index (κ2) is 5.00. The van der Waals surface area contributed by atoms with E-state index in [1.54, 1.807) is 12.1 Å². The number of hydrogen-bond donors (Lipinski definition) is 2. The average molecular weight is 285 g/mol. The fourth-order valence-corrected chi connectivity index (χ4v) is 2.64. The summed E-state index contributed by atoms with van der Waals surface area (Å²) in [6, 6.07) is 9.39. The molecule has 2 unspecified atom stereocenters. The van der Waals surface area contributed by atoms with E-state index >= 15 is 0 Å². The Morgan fingerprint density at radius 1 is 1.38 bits per heavy atom. The van der Waals surface area contributed by atoms with E-state index in [0.29, 0.717) is 23.0 Å². The molecule has 0 spiro atoms. The van der Waals surface area contributed by atoms with E-state index in [0.717, 1.165) is 6.42 Å². The highest BCUT2D eigenvalue weighted by atomic mass is 16.3. The van der Waals surface area contributed by atoms with Crippen LogP contribution in [0.2, 0.25) is 0 Å². The highest BCUT2D eigenvalue weighted by Crippen LogP contribution is 2.37.